The van der Waals surface area contributed by atoms with Crippen molar-refractivity contribution in [3.63, 3.8) is 0 Å². The first-order chi connectivity index (χ1) is 6.43. The predicted molar refractivity (Wildman–Crippen MR) is 61.1 cm³/mol. The molecule has 1 heterocycles. The maximum atomic E-state index is 3.85. The van der Waals surface area contributed by atoms with E-state index >= 15 is 0 Å². The summed E-state index contributed by atoms with van der Waals surface area (Å²) in [5.74, 6) is 0. The van der Waals surface area contributed by atoms with Crippen molar-refractivity contribution in [1.29, 1.82) is 0 Å². The van der Waals surface area contributed by atoms with Crippen LogP contribution < -0.4 is 0 Å². The zero-order chi connectivity index (χ0) is 9.36. The molecular formula is C12H19S. The third kappa shape index (κ3) is 5.09. The fourth-order valence-electron chi connectivity index (χ4n) is 1.46. The van der Waals surface area contributed by atoms with Crippen LogP contribution >= 0.6 is 11.3 Å². The molecule has 13 heavy (non-hydrogen) atoms. The van der Waals surface area contributed by atoms with Gasteiger partial charge in [0.25, 0.3) is 0 Å². The molecule has 73 valence electrons. The van der Waals surface area contributed by atoms with Gasteiger partial charge in [-0.25, -0.2) is 0 Å². The molecule has 0 unspecified atom stereocenters. The highest BCUT2D eigenvalue weighted by atomic mass is 32.1. The second kappa shape index (κ2) is 7.14. The monoisotopic (exact) mass is 195 g/mol. The average molecular weight is 195 g/mol. The van der Waals surface area contributed by atoms with Crippen molar-refractivity contribution in [3.05, 3.63) is 29.3 Å². The third-order valence-electron chi connectivity index (χ3n) is 2.25. The van der Waals surface area contributed by atoms with Crippen LogP contribution in [0.2, 0.25) is 0 Å². The molecule has 0 aromatic carbocycles. The first-order valence-corrected chi connectivity index (χ1v) is 6.13. The van der Waals surface area contributed by atoms with E-state index in [1.807, 2.05) is 11.3 Å². The summed E-state index contributed by atoms with van der Waals surface area (Å²) in [6.07, 6.45) is 9.19. The van der Waals surface area contributed by atoms with Crippen LogP contribution in [-0.4, -0.2) is 0 Å². The summed E-state index contributed by atoms with van der Waals surface area (Å²) in [4.78, 5) is 1.54. The molecule has 0 N–H and O–H groups in total. The minimum atomic E-state index is 1.10. The molecule has 0 bridgehead atoms. The van der Waals surface area contributed by atoms with Crippen molar-refractivity contribution >= 4 is 11.3 Å². The molecule has 0 amide bonds. The van der Waals surface area contributed by atoms with E-state index in [0.29, 0.717) is 0 Å². The maximum Gasteiger partial charge on any atom is 0.00452 e. The summed E-state index contributed by atoms with van der Waals surface area (Å²) in [6.45, 7) is 3.85. The summed E-state index contributed by atoms with van der Waals surface area (Å²) >= 11 is 1.88. The van der Waals surface area contributed by atoms with Gasteiger partial charge in [0.15, 0.2) is 0 Å². The summed E-state index contributed by atoms with van der Waals surface area (Å²) < 4.78 is 0. The van der Waals surface area contributed by atoms with E-state index in [2.05, 4.69) is 24.4 Å². The van der Waals surface area contributed by atoms with Crippen molar-refractivity contribution in [3.8, 4) is 0 Å². The summed E-state index contributed by atoms with van der Waals surface area (Å²) in [7, 11) is 0. The van der Waals surface area contributed by atoms with E-state index in [9.17, 15) is 0 Å². The molecule has 0 aliphatic heterocycles. The quantitative estimate of drug-likeness (QED) is 0.563. The van der Waals surface area contributed by atoms with Gasteiger partial charge in [-0.3, -0.25) is 0 Å². The van der Waals surface area contributed by atoms with E-state index in [1.54, 1.807) is 0 Å². The smallest absolute Gasteiger partial charge is 0.00452 e. The summed E-state index contributed by atoms with van der Waals surface area (Å²) in [5, 5.41) is 2.16. The van der Waals surface area contributed by atoms with Gasteiger partial charge in [-0.1, -0.05) is 45.1 Å². The molecule has 0 aliphatic rings. The molecule has 0 aliphatic carbocycles. The Kier molecular flexibility index (Phi) is 5.92. The highest BCUT2D eigenvalue weighted by Gasteiger charge is 1.93. The number of aryl methyl sites for hydroxylation is 1. The number of thiophene rings is 1. The number of hydrogen-bond acceptors (Lipinski definition) is 1. The number of hydrogen-bond donors (Lipinski definition) is 0. The zero-order valence-corrected chi connectivity index (χ0v) is 9.11. The Hall–Kier alpha value is -0.300. The Labute approximate surface area is 86.0 Å². The SMILES string of the molecule is [CH2]CCCCCCCc1cccs1. The normalized spacial score (nSPS) is 10.5. The van der Waals surface area contributed by atoms with Crippen LogP contribution in [0.4, 0.5) is 0 Å². The van der Waals surface area contributed by atoms with E-state index in [0.717, 1.165) is 6.42 Å². The molecule has 0 spiro atoms. The van der Waals surface area contributed by atoms with Crippen molar-refractivity contribution in [1.82, 2.24) is 0 Å². The molecule has 1 aromatic heterocycles. The van der Waals surface area contributed by atoms with Crippen LogP contribution in [0.1, 0.15) is 43.4 Å². The van der Waals surface area contributed by atoms with Gasteiger partial charge in [0.05, 0.1) is 0 Å². The zero-order valence-electron chi connectivity index (χ0n) is 8.30. The van der Waals surface area contributed by atoms with Crippen LogP contribution in [0.3, 0.4) is 0 Å². The Morgan fingerprint density at radius 1 is 1.08 bits per heavy atom. The van der Waals surface area contributed by atoms with Gasteiger partial charge in [-0.05, 0) is 24.3 Å². The van der Waals surface area contributed by atoms with Gasteiger partial charge in [0, 0.05) is 4.88 Å². The van der Waals surface area contributed by atoms with Gasteiger partial charge in [-0.2, -0.15) is 0 Å². The molecular weight excluding hydrogens is 176 g/mol. The van der Waals surface area contributed by atoms with Crippen LogP contribution in [-0.2, 0) is 6.42 Å². The lowest BCUT2D eigenvalue weighted by Crippen LogP contribution is -1.82. The van der Waals surface area contributed by atoms with Gasteiger partial charge < -0.3 is 0 Å². The molecule has 1 rings (SSSR count). The fourth-order valence-corrected chi connectivity index (χ4v) is 2.21. The van der Waals surface area contributed by atoms with Crippen LogP contribution in [0.5, 0.6) is 0 Å². The first kappa shape index (κ1) is 10.8. The fraction of sp³-hybridized carbons (Fsp3) is 0.583. The minimum absolute atomic E-state index is 1.10. The highest BCUT2D eigenvalue weighted by molar-refractivity contribution is 7.09. The molecule has 0 saturated carbocycles. The summed E-state index contributed by atoms with van der Waals surface area (Å²) in [6, 6.07) is 4.38. The number of rotatable bonds is 7. The number of unbranched alkanes of at least 4 members (excludes halogenated alkanes) is 5. The maximum absolute atomic E-state index is 3.85. The standard InChI is InChI=1S/C12H19S/c1-2-3-4-5-6-7-9-12-10-8-11-13-12/h8,10-11H,1-7,9H2. The van der Waals surface area contributed by atoms with E-state index in [1.165, 1.54) is 43.4 Å². The largest absolute Gasteiger partial charge is 0.149 e. The highest BCUT2D eigenvalue weighted by Crippen LogP contribution is 2.13. The predicted octanol–water partition coefficient (Wildman–Crippen LogP) is 4.47. The van der Waals surface area contributed by atoms with Gasteiger partial charge in [-0.15, -0.1) is 11.3 Å². The van der Waals surface area contributed by atoms with Gasteiger partial charge in [0.2, 0.25) is 0 Å². The Morgan fingerprint density at radius 3 is 2.54 bits per heavy atom. The molecule has 0 saturated heterocycles. The average Bonchev–Trinajstić information content (AvgIpc) is 2.63. The van der Waals surface area contributed by atoms with Crippen molar-refractivity contribution in [2.45, 2.75) is 44.9 Å². The lowest BCUT2D eigenvalue weighted by molar-refractivity contribution is 0.619. The lowest BCUT2D eigenvalue weighted by atomic mass is 10.1. The summed E-state index contributed by atoms with van der Waals surface area (Å²) in [5.41, 5.74) is 0. The van der Waals surface area contributed by atoms with E-state index in [4.69, 9.17) is 0 Å². The molecule has 0 fully saturated rings. The molecule has 0 nitrogen and oxygen atoms in total. The third-order valence-corrected chi connectivity index (χ3v) is 3.19. The van der Waals surface area contributed by atoms with Crippen molar-refractivity contribution in [2.24, 2.45) is 0 Å². The van der Waals surface area contributed by atoms with Crippen LogP contribution in [0.15, 0.2) is 17.5 Å². The molecule has 1 radical (unpaired) electrons. The minimum Gasteiger partial charge on any atom is -0.149 e. The Balaban J connectivity index is 1.90. The van der Waals surface area contributed by atoms with Crippen molar-refractivity contribution < 1.29 is 0 Å². The van der Waals surface area contributed by atoms with E-state index < -0.39 is 0 Å². The van der Waals surface area contributed by atoms with Crippen LogP contribution in [0, 0.1) is 6.92 Å². The molecule has 1 aromatic rings. The first-order valence-electron chi connectivity index (χ1n) is 5.25. The van der Waals surface area contributed by atoms with Gasteiger partial charge in [0.1, 0.15) is 0 Å². The van der Waals surface area contributed by atoms with Gasteiger partial charge >= 0.3 is 0 Å². The Bertz CT molecular complexity index is 189. The van der Waals surface area contributed by atoms with Crippen LogP contribution in [0.25, 0.3) is 0 Å². The second-order valence-electron chi connectivity index (χ2n) is 3.45. The van der Waals surface area contributed by atoms with E-state index in [-0.39, 0.29) is 0 Å². The second-order valence-corrected chi connectivity index (χ2v) is 4.48. The lowest BCUT2D eigenvalue weighted by Gasteiger charge is -1.98. The van der Waals surface area contributed by atoms with Crippen molar-refractivity contribution in [2.75, 3.05) is 0 Å². The molecule has 0 atom stereocenters. The molecule has 1 heteroatoms. The topological polar surface area (TPSA) is 0 Å². The Morgan fingerprint density at radius 2 is 1.85 bits per heavy atom.